The summed E-state index contributed by atoms with van der Waals surface area (Å²) >= 11 is 0. The summed E-state index contributed by atoms with van der Waals surface area (Å²) in [6.45, 7) is 3.42. The Kier molecular flexibility index (Phi) is 6.37. The van der Waals surface area contributed by atoms with E-state index in [-0.39, 0.29) is 17.9 Å². The van der Waals surface area contributed by atoms with Crippen LogP contribution >= 0.6 is 0 Å². The summed E-state index contributed by atoms with van der Waals surface area (Å²) in [5.74, 6) is 0.712. The molecule has 1 aromatic heterocycles. The van der Waals surface area contributed by atoms with Crippen molar-refractivity contribution in [2.24, 2.45) is 0 Å². The van der Waals surface area contributed by atoms with Gasteiger partial charge in [-0.2, -0.15) is 0 Å². The molecular weight excluding hydrogens is 392 g/mol. The number of carbonyl (C=O) groups is 1. The Morgan fingerprint density at radius 1 is 1.16 bits per heavy atom. The normalized spacial score (nSPS) is 17.5. The first kappa shape index (κ1) is 21.9. The van der Waals surface area contributed by atoms with E-state index in [9.17, 15) is 9.59 Å². The molecule has 1 fully saturated rings. The molecule has 0 atom stereocenters. The molecule has 4 rings (SSSR count). The van der Waals surface area contributed by atoms with E-state index >= 15 is 0 Å². The number of rotatable bonds is 6. The molecule has 168 valence electrons. The van der Waals surface area contributed by atoms with Crippen molar-refractivity contribution in [2.45, 2.75) is 70.3 Å². The molecule has 1 amide bonds. The maximum absolute atomic E-state index is 12.7. The van der Waals surface area contributed by atoms with Crippen LogP contribution in [0.3, 0.4) is 0 Å². The highest BCUT2D eigenvalue weighted by molar-refractivity contribution is 5.86. The van der Waals surface area contributed by atoms with E-state index in [4.69, 9.17) is 9.15 Å². The molecule has 6 heteroatoms. The SMILES string of the molecule is Cc1c(CC(=O)NCCCN(C)C)c(=O)oc2cc3c(cc12)CCC1(CCCCC1)O3. The predicted molar refractivity (Wildman–Crippen MR) is 122 cm³/mol. The number of amides is 1. The van der Waals surface area contributed by atoms with E-state index in [2.05, 4.69) is 16.3 Å². The third-order valence-corrected chi connectivity index (χ3v) is 6.85. The first-order valence-electron chi connectivity index (χ1n) is 11.6. The van der Waals surface area contributed by atoms with Crippen molar-refractivity contribution in [3.8, 4) is 5.75 Å². The third-order valence-electron chi connectivity index (χ3n) is 6.85. The molecular formula is C25H34N2O4. The summed E-state index contributed by atoms with van der Waals surface area (Å²) in [5.41, 5.74) is 2.51. The van der Waals surface area contributed by atoms with Crippen LogP contribution in [0.1, 0.15) is 61.6 Å². The van der Waals surface area contributed by atoms with Gasteiger partial charge in [-0.25, -0.2) is 4.79 Å². The second kappa shape index (κ2) is 9.03. The maximum Gasteiger partial charge on any atom is 0.340 e. The average Bonchev–Trinajstić information content (AvgIpc) is 2.73. The summed E-state index contributed by atoms with van der Waals surface area (Å²) in [6.07, 6.45) is 8.88. The Labute approximate surface area is 183 Å². The molecule has 0 unspecified atom stereocenters. The molecule has 1 saturated carbocycles. The summed E-state index contributed by atoms with van der Waals surface area (Å²) in [4.78, 5) is 27.1. The summed E-state index contributed by atoms with van der Waals surface area (Å²) in [6, 6.07) is 3.98. The minimum Gasteiger partial charge on any atom is -0.487 e. The van der Waals surface area contributed by atoms with E-state index in [0.29, 0.717) is 17.7 Å². The number of benzene rings is 1. The summed E-state index contributed by atoms with van der Waals surface area (Å²) < 4.78 is 12.1. The summed E-state index contributed by atoms with van der Waals surface area (Å²) in [7, 11) is 4.01. The molecule has 1 spiro atoms. The first-order valence-corrected chi connectivity index (χ1v) is 11.6. The third kappa shape index (κ3) is 4.79. The first-order chi connectivity index (χ1) is 14.9. The quantitative estimate of drug-likeness (QED) is 0.563. The van der Waals surface area contributed by atoms with E-state index < -0.39 is 5.63 Å². The monoisotopic (exact) mass is 426 g/mol. The zero-order chi connectivity index (χ0) is 22.0. The van der Waals surface area contributed by atoms with Gasteiger partial charge < -0.3 is 19.4 Å². The van der Waals surface area contributed by atoms with Gasteiger partial charge in [0.25, 0.3) is 0 Å². The Morgan fingerprint density at radius 2 is 1.94 bits per heavy atom. The van der Waals surface area contributed by atoms with Crippen molar-refractivity contribution in [1.82, 2.24) is 10.2 Å². The second-order valence-electron chi connectivity index (χ2n) is 9.48. The van der Waals surface area contributed by atoms with Gasteiger partial charge in [0.05, 0.1) is 12.0 Å². The topological polar surface area (TPSA) is 71.8 Å². The Bertz CT molecular complexity index is 1020. The highest BCUT2D eigenvalue weighted by atomic mass is 16.5. The smallest absolute Gasteiger partial charge is 0.340 e. The van der Waals surface area contributed by atoms with Crippen molar-refractivity contribution in [2.75, 3.05) is 27.2 Å². The van der Waals surface area contributed by atoms with Crippen LogP contribution in [0, 0.1) is 6.92 Å². The van der Waals surface area contributed by atoms with Gasteiger partial charge in [0, 0.05) is 18.0 Å². The number of hydrogen-bond acceptors (Lipinski definition) is 5. The van der Waals surface area contributed by atoms with Gasteiger partial charge in [0.2, 0.25) is 5.91 Å². The van der Waals surface area contributed by atoms with Crippen LogP contribution in [0.25, 0.3) is 11.0 Å². The van der Waals surface area contributed by atoms with Crippen molar-refractivity contribution in [1.29, 1.82) is 0 Å². The van der Waals surface area contributed by atoms with E-state index in [1.54, 1.807) is 0 Å². The van der Waals surface area contributed by atoms with Gasteiger partial charge in [-0.3, -0.25) is 4.79 Å². The zero-order valence-corrected chi connectivity index (χ0v) is 19.0. The Morgan fingerprint density at radius 3 is 2.68 bits per heavy atom. The molecule has 1 aliphatic carbocycles. The lowest BCUT2D eigenvalue weighted by Gasteiger charge is -2.41. The lowest BCUT2D eigenvalue weighted by atomic mass is 9.79. The molecule has 2 aliphatic rings. The zero-order valence-electron chi connectivity index (χ0n) is 19.0. The number of fused-ring (bicyclic) bond motifs is 2. The van der Waals surface area contributed by atoms with Crippen LogP contribution in [0.2, 0.25) is 0 Å². The van der Waals surface area contributed by atoms with Crippen molar-refractivity contribution < 1.29 is 13.9 Å². The van der Waals surface area contributed by atoms with Gasteiger partial charge in [0.15, 0.2) is 0 Å². The number of hydrogen-bond donors (Lipinski definition) is 1. The largest absolute Gasteiger partial charge is 0.487 e. The minimum absolute atomic E-state index is 0.0428. The van der Waals surface area contributed by atoms with Crippen LogP contribution in [0.4, 0.5) is 0 Å². The minimum atomic E-state index is -0.434. The predicted octanol–water partition coefficient (Wildman–Crippen LogP) is 3.74. The van der Waals surface area contributed by atoms with Crippen LogP contribution in [0.15, 0.2) is 21.3 Å². The maximum atomic E-state index is 12.7. The number of nitrogens with zero attached hydrogens (tertiary/aromatic N) is 1. The molecule has 1 N–H and O–H groups in total. The molecule has 31 heavy (non-hydrogen) atoms. The molecule has 2 aromatic rings. The average molecular weight is 427 g/mol. The molecule has 0 bridgehead atoms. The molecule has 1 aromatic carbocycles. The van der Waals surface area contributed by atoms with E-state index in [1.165, 1.54) is 24.8 Å². The highest BCUT2D eigenvalue weighted by Crippen LogP contribution is 2.43. The fraction of sp³-hybridized carbons (Fsp3) is 0.600. The van der Waals surface area contributed by atoms with Gasteiger partial charge in [-0.05, 0) is 89.7 Å². The highest BCUT2D eigenvalue weighted by Gasteiger charge is 2.37. The lowest BCUT2D eigenvalue weighted by Crippen LogP contribution is -2.41. The Hall–Kier alpha value is -2.34. The van der Waals surface area contributed by atoms with Gasteiger partial charge in [-0.15, -0.1) is 0 Å². The molecule has 0 radical (unpaired) electrons. The summed E-state index contributed by atoms with van der Waals surface area (Å²) in [5, 5.41) is 3.81. The van der Waals surface area contributed by atoms with Crippen LogP contribution in [-0.2, 0) is 17.6 Å². The molecule has 1 aliphatic heterocycles. The fourth-order valence-corrected chi connectivity index (χ4v) is 5.00. The standard InChI is InChI=1S/C25H34N2O4/c1-17-19-14-18-8-11-25(9-5-4-6-10-25)31-21(18)16-22(19)30-24(29)20(17)15-23(28)26-12-7-13-27(2)3/h14,16H,4-13,15H2,1-3H3,(H,26,28). The van der Waals surface area contributed by atoms with Crippen molar-refractivity contribution in [3.05, 3.63) is 39.2 Å². The van der Waals surface area contributed by atoms with Crippen LogP contribution in [-0.4, -0.2) is 43.6 Å². The van der Waals surface area contributed by atoms with Crippen molar-refractivity contribution >= 4 is 16.9 Å². The van der Waals surface area contributed by atoms with Gasteiger partial charge in [-0.1, -0.05) is 6.42 Å². The fourth-order valence-electron chi connectivity index (χ4n) is 5.00. The van der Waals surface area contributed by atoms with Gasteiger partial charge in [0.1, 0.15) is 16.9 Å². The van der Waals surface area contributed by atoms with Crippen LogP contribution < -0.4 is 15.7 Å². The van der Waals surface area contributed by atoms with E-state index in [1.807, 2.05) is 27.1 Å². The molecule has 2 heterocycles. The van der Waals surface area contributed by atoms with E-state index in [0.717, 1.165) is 55.3 Å². The number of ether oxygens (including phenoxy) is 1. The number of nitrogens with one attached hydrogen (secondary N) is 1. The number of aryl methyl sites for hydroxylation is 2. The van der Waals surface area contributed by atoms with Crippen LogP contribution in [0.5, 0.6) is 5.75 Å². The Balaban J connectivity index is 1.54. The molecule has 6 nitrogen and oxygen atoms in total. The molecule has 0 saturated heterocycles. The van der Waals surface area contributed by atoms with Gasteiger partial charge >= 0.3 is 5.63 Å². The number of carbonyl (C=O) groups excluding carboxylic acids is 1. The second-order valence-corrected chi connectivity index (χ2v) is 9.48. The van der Waals surface area contributed by atoms with Crippen molar-refractivity contribution in [3.63, 3.8) is 0 Å². The lowest BCUT2D eigenvalue weighted by molar-refractivity contribution is -0.120.